The van der Waals surface area contributed by atoms with Gasteiger partial charge in [-0.2, -0.15) is 0 Å². The van der Waals surface area contributed by atoms with Crippen LogP contribution in [0.2, 0.25) is 5.02 Å². The van der Waals surface area contributed by atoms with Crippen LogP contribution in [0, 0.1) is 10.1 Å². The summed E-state index contributed by atoms with van der Waals surface area (Å²) >= 11 is 5.99. The van der Waals surface area contributed by atoms with E-state index in [1.807, 2.05) is 26.8 Å². The highest BCUT2D eigenvalue weighted by atomic mass is 35.5. The molecule has 2 heterocycles. The number of halogens is 1. The van der Waals surface area contributed by atoms with Gasteiger partial charge in [-0.1, -0.05) is 11.6 Å². The zero-order valence-electron chi connectivity index (χ0n) is 14.3. The summed E-state index contributed by atoms with van der Waals surface area (Å²) in [5.41, 5.74) is 0.525. The number of nitro benzene ring substituents is 1. The summed E-state index contributed by atoms with van der Waals surface area (Å²) in [6.45, 7) is 6.07. The molecule has 1 aromatic carbocycles. The number of carbonyl (C=O) groups excluding carboxylic acids is 1. The van der Waals surface area contributed by atoms with Gasteiger partial charge in [-0.25, -0.2) is 4.79 Å². The van der Waals surface area contributed by atoms with Crippen molar-refractivity contribution in [1.29, 1.82) is 0 Å². The number of H-pyrrole nitrogens is 1. The molecule has 1 atom stereocenters. The Morgan fingerprint density at radius 3 is 2.76 bits per heavy atom. The fourth-order valence-electron chi connectivity index (χ4n) is 3.16. The van der Waals surface area contributed by atoms with Gasteiger partial charge in [-0.3, -0.25) is 15.0 Å². The van der Waals surface area contributed by atoms with E-state index in [1.54, 1.807) is 11.0 Å². The molecule has 1 amide bonds. The summed E-state index contributed by atoms with van der Waals surface area (Å²) in [6.07, 6.45) is 1.25. The maximum Gasteiger partial charge on any atom is 0.410 e. The van der Waals surface area contributed by atoms with E-state index in [4.69, 9.17) is 16.3 Å². The molecule has 0 radical (unpaired) electrons. The molecule has 1 saturated heterocycles. The van der Waals surface area contributed by atoms with E-state index in [1.165, 1.54) is 6.07 Å². The molecule has 0 saturated carbocycles. The number of nitrogens with one attached hydrogen (secondary N) is 1. The molecule has 25 heavy (non-hydrogen) atoms. The van der Waals surface area contributed by atoms with E-state index >= 15 is 0 Å². The third kappa shape index (κ3) is 3.56. The highest BCUT2D eigenvalue weighted by molar-refractivity contribution is 6.31. The van der Waals surface area contributed by atoms with Crippen LogP contribution in [0.4, 0.5) is 10.5 Å². The van der Waals surface area contributed by atoms with Crippen LogP contribution < -0.4 is 0 Å². The SMILES string of the molecule is CC(C)(C)OC(=O)N1CCC[C@H]1c1cc2cc(Cl)cc([N+](=O)[O-])c2[nH]1. The molecule has 7 nitrogen and oxygen atoms in total. The summed E-state index contributed by atoms with van der Waals surface area (Å²) < 4.78 is 5.47. The summed E-state index contributed by atoms with van der Waals surface area (Å²) in [5, 5.41) is 12.2. The predicted molar refractivity (Wildman–Crippen MR) is 94.9 cm³/mol. The van der Waals surface area contributed by atoms with Gasteiger partial charge < -0.3 is 9.72 Å². The molecule has 1 aromatic heterocycles. The number of fused-ring (bicyclic) bond motifs is 1. The average molecular weight is 366 g/mol. The van der Waals surface area contributed by atoms with E-state index < -0.39 is 10.5 Å². The Hall–Kier alpha value is -2.28. The lowest BCUT2D eigenvalue weighted by molar-refractivity contribution is -0.383. The Morgan fingerprint density at radius 2 is 2.12 bits per heavy atom. The number of aromatic nitrogens is 1. The third-order valence-electron chi connectivity index (χ3n) is 4.13. The van der Waals surface area contributed by atoms with E-state index in [0.29, 0.717) is 22.5 Å². The van der Waals surface area contributed by atoms with E-state index in [2.05, 4.69) is 4.98 Å². The van der Waals surface area contributed by atoms with Gasteiger partial charge in [0.2, 0.25) is 0 Å². The van der Waals surface area contributed by atoms with Crippen molar-refractivity contribution < 1.29 is 14.5 Å². The number of benzene rings is 1. The molecule has 134 valence electrons. The Labute approximate surface area is 150 Å². The second-order valence-corrected chi connectivity index (χ2v) is 7.64. The van der Waals surface area contributed by atoms with Gasteiger partial charge >= 0.3 is 6.09 Å². The summed E-state index contributed by atoms with van der Waals surface area (Å²) in [4.78, 5) is 28.0. The molecule has 0 aliphatic carbocycles. The van der Waals surface area contributed by atoms with E-state index in [-0.39, 0.29) is 17.8 Å². The van der Waals surface area contributed by atoms with Crippen LogP contribution in [-0.4, -0.2) is 33.0 Å². The first-order valence-corrected chi connectivity index (χ1v) is 8.50. The maximum absolute atomic E-state index is 12.4. The van der Waals surface area contributed by atoms with Crippen molar-refractivity contribution >= 4 is 34.3 Å². The number of nitrogens with zero attached hydrogens (tertiary/aromatic N) is 2. The molecule has 0 unspecified atom stereocenters. The molecule has 1 aliphatic heterocycles. The molecule has 3 rings (SSSR count). The molecule has 0 spiro atoms. The van der Waals surface area contributed by atoms with E-state index in [0.717, 1.165) is 18.5 Å². The molecular formula is C17H20ClN3O4. The number of nitro groups is 1. The number of ether oxygens (including phenoxy) is 1. The zero-order valence-corrected chi connectivity index (χ0v) is 15.1. The Balaban J connectivity index is 1.97. The van der Waals surface area contributed by atoms with Gasteiger partial charge in [0.15, 0.2) is 0 Å². The van der Waals surface area contributed by atoms with Gasteiger partial charge in [-0.15, -0.1) is 0 Å². The normalized spacial score (nSPS) is 17.9. The highest BCUT2D eigenvalue weighted by Crippen LogP contribution is 2.37. The largest absolute Gasteiger partial charge is 0.444 e. The molecule has 1 aliphatic rings. The summed E-state index contributed by atoms with van der Waals surface area (Å²) in [7, 11) is 0. The number of likely N-dealkylation sites (tertiary alicyclic amines) is 1. The monoisotopic (exact) mass is 365 g/mol. The first-order chi connectivity index (χ1) is 11.7. The topological polar surface area (TPSA) is 88.5 Å². The number of amides is 1. The van der Waals surface area contributed by atoms with Gasteiger partial charge in [0.05, 0.1) is 11.0 Å². The molecule has 8 heteroatoms. The lowest BCUT2D eigenvalue weighted by Gasteiger charge is -2.28. The first-order valence-electron chi connectivity index (χ1n) is 8.12. The number of carbonyl (C=O) groups is 1. The molecule has 0 bridgehead atoms. The zero-order chi connectivity index (χ0) is 18.4. The van der Waals surface area contributed by atoms with Crippen molar-refractivity contribution in [3.05, 3.63) is 39.0 Å². The molecule has 1 N–H and O–H groups in total. The standard InChI is InChI=1S/C17H20ClN3O4/c1-17(2,3)25-16(22)20-6-4-5-13(20)12-8-10-7-11(18)9-14(21(23)24)15(10)19-12/h7-9,13,19H,4-6H2,1-3H3/t13-/m0/s1. The van der Waals surface area contributed by atoms with Crippen molar-refractivity contribution in [2.24, 2.45) is 0 Å². The quantitative estimate of drug-likeness (QED) is 0.611. The van der Waals surface area contributed by atoms with Crippen molar-refractivity contribution in [3.8, 4) is 0 Å². The average Bonchev–Trinajstić information content (AvgIpc) is 3.09. The maximum atomic E-state index is 12.4. The minimum absolute atomic E-state index is 0.0736. The smallest absolute Gasteiger partial charge is 0.410 e. The Morgan fingerprint density at radius 1 is 1.40 bits per heavy atom. The Kier molecular flexibility index (Phi) is 4.36. The van der Waals surface area contributed by atoms with Gasteiger partial charge in [-0.05, 0) is 45.7 Å². The van der Waals surface area contributed by atoms with Crippen LogP contribution in [0.1, 0.15) is 45.3 Å². The van der Waals surface area contributed by atoms with Gasteiger partial charge in [0.1, 0.15) is 11.1 Å². The molecule has 2 aromatic rings. The number of hydrogen-bond acceptors (Lipinski definition) is 4. The third-order valence-corrected chi connectivity index (χ3v) is 4.35. The summed E-state index contributed by atoms with van der Waals surface area (Å²) in [6, 6.07) is 4.63. The van der Waals surface area contributed by atoms with Crippen molar-refractivity contribution in [1.82, 2.24) is 9.88 Å². The van der Waals surface area contributed by atoms with Gasteiger partial charge in [0.25, 0.3) is 5.69 Å². The lowest BCUT2D eigenvalue weighted by Crippen LogP contribution is -2.36. The van der Waals surface area contributed by atoms with Crippen molar-refractivity contribution in [2.45, 2.75) is 45.3 Å². The summed E-state index contributed by atoms with van der Waals surface area (Å²) in [5.74, 6) is 0. The van der Waals surface area contributed by atoms with Crippen LogP contribution in [0.3, 0.4) is 0 Å². The number of aromatic amines is 1. The fourth-order valence-corrected chi connectivity index (χ4v) is 3.38. The van der Waals surface area contributed by atoms with Crippen LogP contribution in [0.25, 0.3) is 10.9 Å². The second kappa shape index (κ2) is 6.22. The fraction of sp³-hybridized carbons (Fsp3) is 0.471. The number of hydrogen-bond donors (Lipinski definition) is 1. The number of rotatable bonds is 2. The lowest BCUT2D eigenvalue weighted by atomic mass is 10.1. The van der Waals surface area contributed by atoms with Crippen molar-refractivity contribution in [3.63, 3.8) is 0 Å². The predicted octanol–water partition coefficient (Wildman–Crippen LogP) is 4.80. The minimum Gasteiger partial charge on any atom is -0.444 e. The van der Waals surface area contributed by atoms with Crippen LogP contribution in [-0.2, 0) is 4.74 Å². The minimum atomic E-state index is -0.572. The second-order valence-electron chi connectivity index (χ2n) is 7.20. The van der Waals surface area contributed by atoms with Crippen LogP contribution in [0.15, 0.2) is 18.2 Å². The van der Waals surface area contributed by atoms with Crippen LogP contribution >= 0.6 is 11.6 Å². The van der Waals surface area contributed by atoms with Gasteiger partial charge in [0, 0.05) is 28.7 Å². The van der Waals surface area contributed by atoms with Crippen molar-refractivity contribution in [2.75, 3.05) is 6.54 Å². The Bertz CT molecular complexity index is 840. The molecule has 1 fully saturated rings. The first kappa shape index (κ1) is 17.5. The highest BCUT2D eigenvalue weighted by Gasteiger charge is 2.34. The number of non-ortho nitro benzene ring substituents is 1. The molecular weight excluding hydrogens is 346 g/mol. The van der Waals surface area contributed by atoms with Crippen LogP contribution in [0.5, 0.6) is 0 Å². The van der Waals surface area contributed by atoms with E-state index in [9.17, 15) is 14.9 Å².